The third-order valence-electron chi connectivity index (χ3n) is 2.38. The first-order valence-corrected chi connectivity index (χ1v) is 5.02. The SMILES string of the molecule is Cc1ccc(=O)n(-c2cccc([N+](=O)[O-])c2)c1. The lowest BCUT2D eigenvalue weighted by atomic mass is 10.2. The Morgan fingerprint density at radius 1 is 1.24 bits per heavy atom. The van der Waals surface area contributed by atoms with Crippen molar-refractivity contribution >= 4 is 5.69 Å². The van der Waals surface area contributed by atoms with Crippen molar-refractivity contribution in [3.05, 3.63) is 68.6 Å². The molecule has 1 aromatic heterocycles. The zero-order valence-electron chi connectivity index (χ0n) is 9.16. The smallest absolute Gasteiger partial charge is 0.271 e. The molecule has 0 amide bonds. The standard InChI is InChI=1S/C12H10N2O3/c1-9-5-6-12(15)13(8-9)10-3-2-4-11(7-10)14(16)17/h2-8H,1H3. The second-order valence-electron chi connectivity index (χ2n) is 3.69. The molecule has 5 nitrogen and oxygen atoms in total. The van der Waals surface area contributed by atoms with E-state index in [1.54, 1.807) is 24.4 Å². The number of hydrogen-bond acceptors (Lipinski definition) is 3. The van der Waals surface area contributed by atoms with Gasteiger partial charge in [-0.25, -0.2) is 0 Å². The highest BCUT2D eigenvalue weighted by Crippen LogP contribution is 2.15. The molecule has 1 aromatic carbocycles. The predicted molar refractivity (Wildman–Crippen MR) is 63.4 cm³/mol. The molecule has 0 saturated heterocycles. The molecule has 0 unspecified atom stereocenters. The highest BCUT2D eigenvalue weighted by molar-refractivity contribution is 5.43. The summed E-state index contributed by atoms with van der Waals surface area (Å²) < 4.78 is 1.39. The summed E-state index contributed by atoms with van der Waals surface area (Å²) in [5.74, 6) is 0. The van der Waals surface area contributed by atoms with Crippen molar-refractivity contribution in [1.82, 2.24) is 4.57 Å². The predicted octanol–water partition coefficient (Wildman–Crippen LogP) is 2.05. The molecule has 0 N–H and O–H groups in total. The van der Waals surface area contributed by atoms with Crippen LogP contribution in [0.5, 0.6) is 0 Å². The summed E-state index contributed by atoms with van der Waals surface area (Å²) in [4.78, 5) is 21.8. The Morgan fingerprint density at radius 3 is 2.71 bits per heavy atom. The van der Waals surface area contributed by atoms with Gasteiger partial charge in [0, 0.05) is 24.4 Å². The van der Waals surface area contributed by atoms with E-state index in [0.29, 0.717) is 5.69 Å². The number of aryl methyl sites for hydroxylation is 1. The van der Waals surface area contributed by atoms with Crippen LogP contribution in [0.4, 0.5) is 5.69 Å². The van der Waals surface area contributed by atoms with E-state index in [9.17, 15) is 14.9 Å². The third-order valence-corrected chi connectivity index (χ3v) is 2.38. The summed E-state index contributed by atoms with van der Waals surface area (Å²) in [6, 6.07) is 9.13. The van der Waals surface area contributed by atoms with Crippen molar-refractivity contribution in [1.29, 1.82) is 0 Å². The van der Waals surface area contributed by atoms with Crippen LogP contribution in [0, 0.1) is 17.0 Å². The van der Waals surface area contributed by atoms with Gasteiger partial charge in [-0.2, -0.15) is 0 Å². The molecular weight excluding hydrogens is 220 g/mol. The Bertz CT molecular complexity index is 632. The van der Waals surface area contributed by atoms with Gasteiger partial charge in [0.1, 0.15) is 0 Å². The van der Waals surface area contributed by atoms with Crippen molar-refractivity contribution < 1.29 is 4.92 Å². The van der Waals surface area contributed by atoms with Crippen LogP contribution in [0.15, 0.2) is 47.4 Å². The molecule has 0 aliphatic carbocycles. The summed E-state index contributed by atoms with van der Waals surface area (Å²) >= 11 is 0. The lowest BCUT2D eigenvalue weighted by Crippen LogP contribution is -2.16. The number of pyridine rings is 1. The van der Waals surface area contributed by atoms with Gasteiger partial charge in [-0.1, -0.05) is 12.1 Å². The van der Waals surface area contributed by atoms with Crippen LogP contribution >= 0.6 is 0 Å². The van der Waals surface area contributed by atoms with Crippen LogP contribution < -0.4 is 5.56 Å². The highest BCUT2D eigenvalue weighted by atomic mass is 16.6. The Balaban J connectivity index is 2.60. The van der Waals surface area contributed by atoms with Crippen LogP contribution in [-0.2, 0) is 0 Å². The largest absolute Gasteiger partial charge is 0.284 e. The normalized spacial score (nSPS) is 10.2. The number of aromatic nitrogens is 1. The number of benzene rings is 1. The zero-order chi connectivity index (χ0) is 12.4. The molecule has 0 spiro atoms. The molecule has 2 aromatic rings. The molecule has 0 aliphatic rings. The topological polar surface area (TPSA) is 65.1 Å². The summed E-state index contributed by atoms with van der Waals surface area (Å²) in [6.45, 7) is 1.85. The number of non-ortho nitro benzene ring substituents is 1. The number of nitro benzene ring substituents is 1. The van der Waals surface area contributed by atoms with Crippen molar-refractivity contribution in [2.75, 3.05) is 0 Å². The van der Waals surface area contributed by atoms with Crippen LogP contribution in [0.25, 0.3) is 5.69 Å². The summed E-state index contributed by atoms with van der Waals surface area (Å²) in [7, 11) is 0. The molecule has 0 aliphatic heterocycles. The number of rotatable bonds is 2. The molecule has 0 radical (unpaired) electrons. The van der Waals surface area contributed by atoms with Crippen molar-refractivity contribution in [2.45, 2.75) is 6.92 Å². The van der Waals surface area contributed by atoms with Gasteiger partial charge in [0.15, 0.2) is 0 Å². The molecule has 0 saturated carbocycles. The Hall–Kier alpha value is -2.43. The fourth-order valence-electron chi connectivity index (χ4n) is 1.55. The van der Waals surface area contributed by atoms with Crippen molar-refractivity contribution in [2.24, 2.45) is 0 Å². The van der Waals surface area contributed by atoms with E-state index in [0.717, 1.165) is 5.56 Å². The molecule has 0 atom stereocenters. The first-order valence-electron chi connectivity index (χ1n) is 5.02. The minimum atomic E-state index is -0.482. The molecule has 0 fully saturated rings. The average molecular weight is 230 g/mol. The molecule has 5 heteroatoms. The minimum Gasteiger partial charge on any atom is -0.284 e. The Labute approximate surface area is 97.1 Å². The maximum absolute atomic E-state index is 11.6. The van der Waals surface area contributed by atoms with Gasteiger partial charge in [0.05, 0.1) is 10.6 Å². The Kier molecular flexibility index (Phi) is 2.74. The van der Waals surface area contributed by atoms with Gasteiger partial charge < -0.3 is 0 Å². The lowest BCUT2D eigenvalue weighted by molar-refractivity contribution is -0.384. The highest BCUT2D eigenvalue weighted by Gasteiger charge is 2.07. The van der Waals surface area contributed by atoms with E-state index < -0.39 is 4.92 Å². The number of hydrogen-bond donors (Lipinski definition) is 0. The number of nitro groups is 1. The molecule has 2 rings (SSSR count). The fraction of sp³-hybridized carbons (Fsp3) is 0.0833. The van der Waals surface area contributed by atoms with Gasteiger partial charge in [-0.3, -0.25) is 19.5 Å². The molecular formula is C12H10N2O3. The molecule has 0 bridgehead atoms. The number of nitrogens with zero attached hydrogens (tertiary/aromatic N) is 2. The third kappa shape index (κ3) is 2.23. The van der Waals surface area contributed by atoms with E-state index in [2.05, 4.69) is 0 Å². The van der Waals surface area contributed by atoms with E-state index in [-0.39, 0.29) is 11.2 Å². The van der Waals surface area contributed by atoms with E-state index in [4.69, 9.17) is 0 Å². The van der Waals surface area contributed by atoms with Crippen LogP contribution in [0.3, 0.4) is 0 Å². The minimum absolute atomic E-state index is 0.0316. The summed E-state index contributed by atoms with van der Waals surface area (Å²) in [5, 5.41) is 10.7. The fourth-order valence-corrected chi connectivity index (χ4v) is 1.55. The van der Waals surface area contributed by atoms with E-state index >= 15 is 0 Å². The van der Waals surface area contributed by atoms with Gasteiger partial charge in [-0.15, -0.1) is 0 Å². The molecule has 1 heterocycles. The molecule has 86 valence electrons. The van der Waals surface area contributed by atoms with Crippen molar-refractivity contribution in [3.63, 3.8) is 0 Å². The van der Waals surface area contributed by atoms with Gasteiger partial charge in [0.2, 0.25) is 0 Å². The first-order chi connectivity index (χ1) is 8.08. The molecule has 17 heavy (non-hydrogen) atoms. The summed E-state index contributed by atoms with van der Waals surface area (Å²) in [6.07, 6.45) is 1.65. The summed E-state index contributed by atoms with van der Waals surface area (Å²) in [5.41, 5.74) is 1.16. The quantitative estimate of drug-likeness (QED) is 0.585. The van der Waals surface area contributed by atoms with Gasteiger partial charge in [0.25, 0.3) is 11.2 Å². The second-order valence-corrected chi connectivity index (χ2v) is 3.69. The van der Waals surface area contributed by atoms with Crippen molar-refractivity contribution in [3.8, 4) is 5.69 Å². The zero-order valence-corrected chi connectivity index (χ0v) is 9.16. The Morgan fingerprint density at radius 2 is 2.00 bits per heavy atom. The van der Waals surface area contributed by atoms with E-state index in [1.807, 2.05) is 6.92 Å². The van der Waals surface area contributed by atoms with Crippen LogP contribution in [-0.4, -0.2) is 9.49 Å². The maximum atomic E-state index is 11.6. The van der Waals surface area contributed by atoms with Crippen LogP contribution in [0.1, 0.15) is 5.56 Å². The van der Waals surface area contributed by atoms with Gasteiger partial charge in [-0.05, 0) is 18.6 Å². The monoisotopic (exact) mass is 230 g/mol. The lowest BCUT2D eigenvalue weighted by Gasteiger charge is -2.05. The first kappa shape index (κ1) is 11.1. The average Bonchev–Trinajstić information content (AvgIpc) is 2.32. The van der Waals surface area contributed by atoms with E-state index in [1.165, 1.54) is 22.8 Å². The van der Waals surface area contributed by atoms with Crippen LogP contribution in [0.2, 0.25) is 0 Å². The second kappa shape index (κ2) is 4.21. The van der Waals surface area contributed by atoms with Gasteiger partial charge >= 0.3 is 0 Å². The maximum Gasteiger partial charge on any atom is 0.271 e.